The fourth-order valence-electron chi connectivity index (χ4n) is 2.27. The zero-order valence-corrected chi connectivity index (χ0v) is 11.2. The van der Waals surface area contributed by atoms with Gasteiger partial charge in [-0.2, -0.15) is 0 Å². The highest BCUT2D eigenvalue weighted by molar-refractivity contribution is 5.79. The molecule has 98 valence electrons. The molecule has 0 unspecified atom stereocenters. The van der Waals surface area contributed by atoms with E-state index in [4.69, 9.17) is 5.73 Å². The first-order valence-corrected chi connectivity index (χ1v) is 6.48. The lowest BCUT2D eigenvalue weighted by Crippen LogP contribution is -2.11. The van der Waals surface area contributed by atoms with E-state index in [1.54, 1.807) is 6.92 Å². The van der Waals surface area contributed by atoms with Crippen LogP contribution in [0.5, 0.6) is 0 Å². The van der Waals surface area contributed by atoms with Gasteiger partial charge in [0, 0.05) is 12.6 Å². The first kappa shape index (κ1) is 12.9. The molecule has 1 aromatic heterocycles. The molecule has 2 N–H and O–H groups in total. The van der Waals surface area contributed by atoms with Crippen molar-refractivity contribution in [3.8, 4) is 0 Å². The van der Waals surface area contributed by atoms with Crippen LogP contribution in [0.25, 0.3) is 11.0 Å². The summed E-state index contributed by atoms with van der Waals surface area (Å²) in [6.07, 6.45) is 2.21. The van der Waals surface area contributed by atoms with E-state index >= 15 is 0 Å². The Balaban J connectivity index is 2.49. The molecule has 0 aliphatic rings. The van der Waals surface area contributed by atoms with Gasteiger partial charge in [0.15, 0.2) is 0 Å². The molecule has 3 nitrogen and oxygen atoms in total. The van der Waals surface area contributed by atoms with Crippen molar-refractivity contribution < 1.29 is 4.39 Å². The number of nitrogen functional groups attached to an aromatic ring is 1. The summed E-state index contributed by atoms with van der Waals surface area (Å²) in [4.78, 5) is 4.24. The second kappa shape index (κ2) is 4.96. The fourth-order valence-corrected chi connectivity index (χ4v) is 2.27. The predicted molar refractivity (Wildman–Crippen MR) is 72.9 cm³/mol. The molecule has 0 saturated carbocycles. The zero-order chi connectivity index (χ0) is 13.3. The number of hydrogen-bond donors (Lipinski definition) is 1. The highest BCUT2D eigenvalue weighted by Gasteiger charge is 2.13. The molecule has 0 aliphatic heterocycles. The summed E-state index contributed by atoms with van der Waals surface area (Å²) in [5.74, 6) is 0.826. The van der Waals surface area contributed by atoms with Crippen molar-refractivity contribution in [2.75, 3.05) is 5.73 Å². The summed E-state index contributed by atoms with van der Waals surface area (Å²) in [5.41, 5.74) is 8.14. The van der Waals surface area contributed by atoms with E-state index in [1.807, 2.05) is 10.6 Å². The molecule has 0 aliphatic carbocycles. The van der Waals surface area contributed by atoms with E-state index < -0.39 is 0 Å². The lowest BCUT2D eigenvalue weighted by atomic mass is 10.0. The molecular weight excluding hydrogens is 229 g/mol. The van der Waals surface area contributed by atoms with Crippen LogP contribution in [0, 0.1) is 18.7 Å². The lowest BCUT2D eigenvalue weighted by Gasteiger charge is -2.15. The van der Waals surface area contributed by atoms with Crippen LogP contribution in [-0.2, 0) is 6.54 Å². The van der Waals surface area contributed by atoms with Gasteiger partial charge in [-0.15, -0.1) is 0 Å². The number of imidazole rings is 1. The standard InChI is InChI=1S/C14H20FN3/c1-4-10(5-2)8-18-13-6-9(3)11(15)7-12(13)17-14(18)16/h6-7,10H,4-5,8H2,1-3H3,(H2,16,17). The Bertz CT molecular complexity index is 556. The van der Waals surface area contributed by atoms with Gasteiger partial charge in [-0.3, -0.25) is 0 Å². The Morgan fingerprint density at radius 3 is 2.61 bits per heavy atom. The Kier molecular flexibility index (Phi) is 3.55. The maximum atomic E-state index is 13.5. The summed E-state index contributed by atoms with van der Waals surface area (Å²) in [6.45, 7) is 6.96. The molecule has 0 spiro atoms. The SMILES string of the molecule is CCC(CC)Cn1c(N)nc2cc(F)c(C)cc21. The maximum Gasteiger partial charge on any atom is 0.201 e. The number of nitrogens with two attached hydrogens (primary N) is 1. The van der Waals surface area contributed by atoms with E-state index in [-0.39, 0.29) is 5.82 Å². The summed E-state index contributed by atoms with van der Waals surface area (Å²) in [5, 5.41) is 0. The van der Waals surface area contributed by atoms with Gasteiger partial charge in [-0.05, 0) is 24.5 Å². The van der Waals surface area contributed by atoms with E-state index in [0.717, 1.165) is 24.9 Å². The van der Waals surface area contributed by atoms with Crippen LogP contribution in [0.4, 0.5) is 10.3 Å². The normalized spacial score (nSPS) is 11.6. The van der Waals surface area contributed by atoms with E-state index in [1.165, 1.54) is 6.07 Å². The number of fused-ring (bicyclic) bond motifs is 1. The summed E-state index contributed by atoms with van der Waals surface area (Å²) >= 11 is 0. The molecular formula is C14H20FN3. The summed E-state index contributed by atoms with van der Waals surface area (Å²) < 4.78 is 15.5. The van der Waals surface area contributed by atoms with Gasteiger partial charge in [-0.1, -0.05) is 26.7 Å². The molecule has 0 atom stereocenters. The molecule has 0 amide bonds. The van der Waals surface area contributed by atoms with Crippen LogP contribution in [0.2, 0.25) is 0 Å². The second-order valence-corrected chi connectivity index (χ2v) is 4.85. The van der Waals surface area contributed by atoms with E-state index in [9.17, 15) is 4.39 Å². The van der Waals surface area contributed by atoms with Crippen molar-refractivity contribution in [2.45, 2.75) is 40.2 Å². The van der Waals surface area contributed by atoms with Gasteiger partial charge in [0.05, 0.1) is 11.0 Å². The van der Waals surface area contributed by atoms with Crippen molar-refractivity contribution >= 4 is 17.0 Å². The van der Waals surface area contributed by atoms with Crippen LogP contribution in [0.15, 0.2) is 12.1 Å². The average molecular weight is 249 g/mol. The Morgan fingerprint density at radius 2 is 2.00 bits per heavy atom. The number of benzene rings is 1. The van der Waals surface area contributed by atoms with Gasteiger partial charge in [0.25, 0.3) is 0 Å². The molecule has 0 fully saturated rings. The van der Waals surface area contributed by atoms with Crippen LogP contribution in [0.1, 0.15) is 32.3 Å². The predicted octanol–water partition coefficient (Wildman–Crippen LogP) is 3.50. The van der Waals surface area contributed by atoms with Crippen LogP contribution < -0.4 is 5.73 Å². The quantitative estimate of drug-likeness (QED) is 0.901. The molecule has 1 aromatic carbocycles. The molecule has 0 saturated heterocycles. The Morgan fingerprint density at radius 1 is 1.33 bits per heavy atom. The van der Waals surface area contributed by atoms with Crippen LogP contribution >= 0.6 is 0 Å². The van der Waals surface area contributed by atoms with Crippen molar-refractivity contribution in [1.82, 2.24) is 9.55 Å². The third-order valence-electron chi connectivity index (χ3n) is 3.65. The molecule has 0 bridgehead atoms. The second-order valence-electron chi connectivity index (χ2n) is 4.85. The van der Waals surface area contributed by atoms with Crippen molar-refractivity contribution in [1.29, 1.82) is 0 Å². The van der Waals surface area contributed by atoms with Crippen molar-refractivity contribution in [3.63, 3.8) is 0 Å². The van der Waals surface area contributed by atoms with E-state index in [2.05, 4.69) is 18.8 Å². The van der Waals surface area contributed by atoms with Gasteiger partial charge >= 0.3 is 0 Å². The lowest BCUT2D eigenvalue weighted by molar-refractivity contribution is 0.427. The van der Waals surface area contributed by atoms with Gasteiger partial charge in [0.1, 0.15) is 5.82 Å². The third-order valence-corrected chi connectivity index (χ3v) is 3.65. The summed E-state index contributed by atoms with van der Waals surface area (Å²) in [7, 11) is 0. The Labute approximate surface area is 107 Å². The van der Waals surface area contributed by atoms with Gasteiger partial charge in [-0.25, -0.2) is 9.37 Å². The number of anilines is 1. The zero-order valence-electron chi connectivity index (χ0n) is 11.2. The molecule has 0 radical (unpaired) electrons. The highest BCUT2D eigenvalue weighted by atomic mass is 19.1. The van der Waals surface area contributed by atoms with Crippen LogP contribution in [0.3, 0.4) is 0 Å². The first-order chi connectivity index (χ1) is 8.56. The maximum absolute atomic E-state index is 13.5. The van der Waals surface area contributed by atoms with Gasteiger partial charge in [0.2, 0.25) is 5.95 Å². The Hall–Kier alpha value is -1.58. The number of aryl methyl sites for hydroxylation is 1. The first-order valence-electron chi connectivity index (χ1n) is 6.48. The number of hydrogen-bond acceptors (Lipinski definition) is 2. The third kappa shape index (κ3) is 2.19. The topological polar surface area (TPSA) is 43.8 Å². The largest absolute Gasteiger partial charge is 0.369 e. The number of aromatic nitrogens is 2. The minimum Gasteiger partial charge on any atom is -0.369 e. The highest BCUT2D eigenvalue weighted by Crippen LogP contribution is 2.24. The number of nitrogens with zero attached hydrogens (tertiary/aromatic N) is 2. The smallest absolute Gasteiger partial charge is 0.201 e. The van der Waals surface area contributed by atoms with E-state index in [0.29, 0.717) is 22.9 Å². The van der Waals surface area contributed by atoms with Crippen LogP contribution in [-0.4, -0.2) is 9.55 Å². The van der Waals surface area contributed by atoms with Gasteiger partial charge < -0.3 is 10.3 Å². The summed E-state index contributed by atoms with van der Waals surface area (Å²) in [6, 6.07) is 3.29. The fraction of sp³-hybridized carbons (Fsp3) is 0.500. The molecule has 18 heavy (non-hydrogen) atoms. The minimum absolute atomic E-state index is 0.227. The molecule has 2 aromatic rings. The average Bonchev–Trinajstić information content (AvgIpc) is 2.63. The number of rotatable bonds is 4. The molecule has 4 heteroatoms. The minimum atomic E-state index is -0.227. The van der Waals surface area contributed by atoms with Crippen molar-refractivity contribution in [2.24, 2.45) is 5.92 Å². The molecule has 2 rings (SSSR count). The van der Waals surface area contributed by atoms with Crippen molar-refractivity contribution in [3.05, 3.63) is 23.5 Å². The molecule has 1 heterocycles. The number of halogens is 1. The monoisotopic (exact) mass is 249 g/mol.